The standard InChI is InChI=1S/C32H55N3O3S/c1-8-33-29(39)35-34-19-27-28-25-13-12-24(21(4)11-9-10-20(2)3)30(25,6)16-15-26(28)31(7)17-14-23(38-22(5)36)18-32(27,31)37/h19-21,23-28,37H,8-18H2,1-7H3,(H2,33,35,39)/b34-19+/t21-,23+,24-,25?,26?,27?,28?,30-,31-,32?/m1/s1. The lowest BCUT2D eigenvalue weighted by atomic mass is 9.53. The molecule has 0 aromatic rings. The average molecular weight is 562 g/mol. The van der Waals surface area contributed by atoms with Crippen LogP contribution in [0.5, 0.6) is 0 Å². The molecule has 3 N–H and O–H groups in total. The Morgan fingerprint density at radius 2 is 1.87 bits per heavy atom. The molecule has 0 aromatic heterocycles. The molecule has 5 unspecified atom stereocenters. The second-order valence-electron chi connectivity index (χ2n) is 14.4. The Labute approximate surface area is 242 Å². The van der Waals surface area contributed by atoms with Gasteiger partial charge in [0.05, 0.1) is 5.60 Å². The van der Waals surface area contributed by atoms with Crippen LogP contribution in [0.25, 0.3) is 0 Å². The number of hydrogen-bond donors (Lipinski definition) is 3. The third kappa shape index (κ3) is 5.65. The van der Waals surface area contributed by atoms with Gasteiger partial charge < -0.3 is 15.2 Å². The molecule has 0 amide bonds. The zero-order valence-corrected chi connectivity index (χ0v) is 26.4. The number of hydrazone groups is 1. The number of nitrogens with zero attached hydrogens (tertiary/aromatic N) is 1. The van der Waals surface area contributed by atoms with Crippen LogP contribution in [0.1, 0.15) is 113 Å². The van der Waals surface area contributed by atoms with E-state index < -0.39 is 5.60 Å². The Balaban J connectivity index is 1.64. The Kier molecular flexibility index (Phi) is 9.42. The molecule has 6 nitrogen and oxygen atoms in total. The fourth-order valence-electron chi connectivity index (χ4n) is 10.1. The van der Waals surface area contributed by atoms with Gasteiger partial charge in [0.1, 0.15) is 6.10 Å². The van der Waals surface area contributed by atoms with Crippen molar-refractivity contribution in [3.8, 4) is 0 Å². The first-order chi connectivity index (χ1) is 18.4. The minimum Gasteiger partial charge on any atom is -0.462 e. The van der Waals surface area contributed by atoms with Crippen LogP contribution in [0.2, 0.25) is 0 Å². The summed E-state index contributed by atoms with van der Waals surface area (Å²) in [5.41, 5.74) is 2.12. The molecule has 10 atom stereocenters. The number of hydrogen-bond acceptors (Lipinski definition) is 5. The predicted molar refractivity (Wildman–Crippen MR) is 162 cm³/mol. The largest absolute Gasteiger partial charge is 0.462 e. The number of nitrogens with one attached hydrogen (secondary N) is 2. The van der Waals surface area contributed by atoms with Crippen LogP contribution in [-0.2, 0) is 9.53 Å². The summed E-state index contributed by atoms with van der Waals surface area (Å²) in [4.78, 5) is 11.9. The van der Waals surface area contributed by atoms with Crippen molar-refractivity contribution in [2.45, 2.75) is 124 Å². The molecule has 0 aliphatic heterocycles. The zero-order valence-electron chi connectivity index (χ0n) is 25.6. The molecule has 222 valence electrons. The fourth-order valence-corrected chi connectivity index (χ4v) is 10.3. The normalized spacial score (nSPS) is 42.1. The number of ether oxygens (including phenoxy) is 1. The van der Waals surface area contributed by atoms with Crippen LogP contribution in [0.15, 0.2) is 5.10 Å². The fraction of sp³-hybridized carbons (Fsp3) is 0.906. The number of fused-ring (bicyclic) bond motifs is 5. The smallest absolute Gasteiger partial charge is 0.302 e. The van der Waals surface area contributed by atoms with E-state index in [-0.39, 0.29) is 23.4 Å². The summed E-state index contributed by atoms with van der Waals surface area (Å²) >= 11 is 5.37. The van der Waals surface area contributed by atoms with Gasteiger partial charge in [-0.1, -0.05) is 53.9 Å². The number of thiocarbonyl (C=S) groups is 1. The van der Waals surface area contributed by atoms with Gasteiger partial charge in [0.25, 0.3) is 0 Å². The number of esters is 1. The molecule has 4 saturated carbocycles. The topological polar surface area (TPSA) is 83.0 Å². The molecule has 4 aliphatic rings. The average Bonchev–Trinajstić information content (AvgIpc) is 3.29. The molecule has 0 saturated heterocycles. The summed E-state index contributed by atoms with van der Waals surface area (Å²) in [5, 5.41) is 20.9. The van der Waals surface area contributed by atoms with Crippen molar-refractivity contribution in [1.29, 1.82) is 0 Å². The molecular weight excluding hydrogens is 506 g/mol. The lowest BCUT2D eigenvalue weighted by Crippen LogP contribution is -2.55. The van der Waals surface area contributed by atoms with E-state index in [4.69, 9.17) is 17.0 Å². The van der Waals surface area contributed by atoms with Crippen molar-refractivity contribution in [3.05, 3.63) is 0 Å². The molecule has 4 fully saturated rings. The molecule has 4 aliphatic carbocycles. The summed E-state index contributed by atoms with van der Waals surface area (Å²) in [7, 11) is 0. The van der Waals surface area contributed by atoms with Gasteiger partial charge in [0, 0.05) is 37.4 Å². The van der Waals surface area contributed by atoms with E-state index in [0.717, 1.165) is 43.6 Å². The van der Waals surface area contributed by atoms with Gasteiger partial charge in [-0.25, -0.2) is 0 Å². The van der Waals surface area contributed by atoms with Crippen molar-refractivity contribution in [2.75, 3.05) is 6.54 Å². The van der Waals surface area contributed by atoms with Gasteiger partial charge in [0.2, 0.25) is 0 Å². The highest BCUT2D eigenvalue weighted by atomic mass is 32.1. The van der Waals surface area contributed by atoms with Crippen molar-refractivity contribution >= 4 is 29.5 Å². The van der Waals surface area contributed by atoms with E-state index in [2.05, 4.69) is 50.5 Å². The number of carbonyl (C=O) groups excluding carboxylic acids is 1. The van der Waals surface area contributed by atoms with Crippen LogP contribution in [0, 0.1) is 52.3 Å². The summed E-state index contributed by atoms with van der Waals surface area (Å²) < 4.78 is 5.71. The van der Waals surface area contributed by atoms with Crippen LogP contribution in [0.3, 0.4) is 0 Å². The third-order valence-electron chi connectivity index (χ3n) is 11.9. The molecule has 4 rings (SSSR count). The Bertz CT molecular complexity index is 926. The van der Waals surface area contributed by atoms with Crippen molar-refractivity contribution < 1.29 is 14.6 Å². The highest BCUT2D eigenvalue weighted by molar-refractivity contribution is 7.80. The van der Waals surface area contributed by atoms with E-state index in [0.29, 0.717) is 34.7 Å². The van der Waals surface area contributed by atoms with Gasteiger partial charge in [-0.15, -0.1) is 0 Å². The van der Waals surface area contributed by atoms with E-state index >= 15 is 0 Å². The second kappa shape index (κ2) is 12.0. The number of rotatable bonds is 9. The Morgan fingerprint density at radius 1 is 1.13 bits per heavy atom. The van der Waals surface area contributed by atoms with Gasteiger partial charge in [-0.2, -0.15) is 5.10 Å². The highest BCUT2D eigenvalue weighted by Gasteiger charge is 2.72. The molecule has 0 bridgehead atoms. The predicted octanol–water partition coefficient (Wildman–Crippen LogP) is 6.46. The van der Waals surface area contributed by atoms with Crippen molar-refractivity contribution in [1.82, 2.24) is 10.7 Å². The number of carbonyl (C=O) groups is 1. The van der Waals surface area contributed by atoms with E-state index in [1.807, 2.05) is 13.1 Å². The monoisotopic (exact) mass is 561 g/mol. The van der Waals surface area contributed by atoms with E-state index in [9.17, 15) is 9.90 Å². The van der Waals surface area contributed by atoms with Gasteiger partial charge >= 0.3 is 5.97 Å². The first-order valence-corrected chi connectivity index (χ1v) is 16.2. The summed E-state index contributed by atoms with van der Waals surface area (Å²) in [5.74, 6) is 3.29. The molecule has 0 heterocycles. The van der Waals surface area contributed by atoms with E-state index in [1.54, 1.807) is 0 Å². The summed E-state index contributed by atoms with van der Waals surface area (Å²) in [6.07, 6.45) is 12.9. The van der Waals surface area contributed by atoms with Gasteiger partial charge in [-0.05, 0) is 98.6 Å². The van der Waals surface area contributed by atoms with Crippen LogP contribution in [-0.4, -0.2) is 40.7 Å². The van der Waals surface area contributed by atoms with E-state index in [1.165, 1.54) is 45.4 Å². The highest BCUT2D eigenvalue weighted by Crippen LogP contribution is 2.73. The molecular formula is C32H55N3O3S. The quantitative estimate of drug-likeness (QED) is 0.130. The molecule has 0 aromatic carbocycles. The van der Waals surface area contributed by atoms with Crippen molar-refractivity contribution in [2.24, 2.45) is 57.4 Å². The van der Waals surface area contributed by atoms with Crippen LogP contribution >= 0.6 is 12.2 Å². The maximum atomic E-state index is 12.7. The Morgan fingerprint density at radius 3 is 2.54 bits per heavy atom. The number of aliphatic hydroxyl groups is 1. The van der Waals surface area contributed by atoms with Gasteiger partial charge in [0.15, 0.2) is 5.11 Å². The molecule has 0 radical (unpaired) electrons. The maximum absolute atomic E-state index is 12.7. The lowest BCUT2D eigenvalue weighted by molar-refractivity contribution is -0.170. The lowest BCUT2D eigenvalue weighted by Gasteiger charge is -2.52. The molecule has 39 heavy (non-hydrogen) atoms. The minimum atomic E-state index is -0.960. The third-order valence-corrected chi connectivity index (χ3v) is 12.1. The maximum Gasteiger partial charge on any atom is 0.302 e. The zero-order chi connectivity index (χ0) is 28.6. The first-order valence-electron chi connectivity index (χ1n) is 15.8. The summed E-state index contributed by atoms with van der Waals surface area (Å²) in [6, 6.07) is 0. The molecule has 7 heteroatoms. The molecule has 0 spiro atoms. The summed E-state index contributed by atoms with van der Waals surface area (Å²) in [6.45, 7) is 16.3. The van der Waals surface area contributed by atoms with Crippen molar-refractivity contribution in [3.63, 3.8) is 0 Å². The van der Waals surface area contributed by atoms with Crippen LogP contribution in [0.4, 0.5) is 0 Å². The Hall–Kier alpha value is -1.21. The SMILES string of the molecule is CCNC(=S)N/N=C/C1C2C3CC[C@H]([C@H](C)CCCC(C)C)[C@@]3(C)CCC2[C@@]2(C)CC[C@H](OC(C)=O)CC12O. The van der Waals surface area contributed by atoms with Crippen LogP contribution < -0.4 is 10.7 Å². The first kappa shape index (κ1) is 30.7. The van der Waals surface area contributed by atoms with Gasteiger partial charge in [-0.3, -0.25) is 10.2 Å². The second-order valence-corrected chi connectivity index (χ2v) is 14.8. The minimum absolute atomic E-state index is 0.0950.